The average Bonchev–Trinajstić information content (AvgIpc) is 2.80. The number of hydrogen-bond donors (Lipinski definition) is 1. The molecule has 0 aromatic heterocycles. The van der Waals surface area contributed by atoms with Crippen molar-refractivity contribution in [2.45, 2.75) is 4.90 Å². The summed E-state index contributed by atoms with van der Waals surface area (Å²) in [5.41, 5.74) is 1.82. The largest absolute Gasteiger partial charge is 0.368 e. The summed E-state index contributed by atoms with van der Waals surface area (Å²) in [5, 5.41) is 0.318. The Hall–Kier alpha value is -2.74. The summed E-state index contributed by atoms with van der Waals surface area (Å²) in [5.74, 6) is -0.139. The summed E-state index contributed by atoms with van der Waals surface area (Å²) in [6.45, 7) is 2.63. The number of para-hydroxylation sites is 1. The van der Waals surface area contributed by atoms with E-state index in [4.69, 9.17) is 23.2 Å². The first-order valence-electron chi connectivity index (χ1n) is 10.0. The number of piperazine rings is 1. The molecule has 1 N–H and O–H groups in total. The zero-order valence-corrected chi connectivity index (χ0v) is 19.4. The highest BCUT2D eigenvalue weighted by Gasteiger charge is 2.23. The topological polar surface area (TPSA) is 69.7 Å². The van der Waals surface area contributed by atoms with Gasteiger partial charge in [-0.25, -0.2) is 8.42 Å². The highest BCUT2D eigenvalue weighted by molar-refractivity contribution is 7.92. The number of nitrogens with one attached hydrogen (secondary N) is 1. The number of anilines is 2. The summed E-state index contributed by atoms with van der Waals surface area (Å²) >= 11 is 12.0. The normalized spacial score (nSPS) is 14.3. The van der Waals surface area contributed by atoms with E-state index in [1.54, 1.807) is 23.1 Å². The summed E-state index contributed by atoms with van der Waals surface area (Å²) in [6, 6.07) is 20.7. The monoisotopic (exact) mass is 489 g/mol. The maximum absolute atomic E-state index is 13.0. The second-order valence-electron chi connectivity index (χ2n) is 7.38. The molecule has 9 heteroatoms. The van der Waals surface area contributed by atoms with Gasteiger partial charge in [0.25, 0.3) is 15.9 Å². The van der Waals surface area contributed by atoms with Crippen LogP contribution < -0.4 is 9.62 Å². The number of sulfonamides is 1. The summed E-state index contributed by atoms with van der Waals surface area (Å²) in [7, 11) is -3.97. The fourth-order valence-electron chi connectivity index (χ4n) is 3.60. The van der Waals surface area contributed by atoms with Gasteiger partial charge in [0.05, 0.1) is 5.02 Å². The first kappa shape index (κ1) is 22.5. The van der Waals surface area contributed by atoms with E-state index in [-0.39, 0.29) is 26.5 Å². The quantitative estimate of drug-likeness (QED) is 0.560. The second-order valence-corrected chi connectivity index (χ2v) is 9.87. The number of carbonyl (C=O) groups is 1. The van der Waals surface area contributed by atoms with Crippen molar-refractivity contribution in [3.63, 3.8) is 0 Å². The molecule has 32 heavy (non-hydrogen) atoms. The van der Waals surface area contributed by atoms with Crippen LogP contribution >= 0.6 is 23.2 Å². The minimum atomic E-state index is -3.97. The van der Waals surface area contributed by atoms with E-state index >= 15 is 0 Å². The third kappa shape index (κ3) is 5.01. The summed E-state index contributed by atoms with van der Waals surface area (Å²) in [4.78, 5) is 16.9. The smallest absolute Gasteiger partial charge is 0.263 e. The molecule has 166 valence electrons. The molecule has 1 aliphatic rings. The van der Waals surface area contributed by atoms with Crippen LogP contribution in [-0.2, 0) is 10.0 Å². The minimum absolute atomic E-state index is 0.0606. The van der Waals surface area contributed by atoms with Crippen LogP contribution in [-0.4, -0.2) is 45.4 Å². The van der Waals surface area contributed by atoms with E-state index in [1.165, 1.54) is 24.3 Å². The lowest BCUT2D eigenvalue weighted by molar-refractivity contribution is 0.0747. The lowest BCUT2D eigenvalue weighted by Crippen LogP contribution is -2.48. The molecule has 0 spiro atoms. The molecule has 3 aromatic rings. The SMILES string of the molecule is O=C(c1cccc(NS(=O)(=O)c2cc(Cl)ccc2Cl)c1)N1CCN(c2ccccc2)CC1. The van der Waals surface area contributed by atoms with Crippen LogP contribution in [0.25, 0.3) is 0 Å². The molecule has 0 saturated carbocycles. The van der Waals surface area contributed by atoms with Gasteiger partial charge in [-0.2, -0.15) is 0 Å². The predicted octanol–water partition coefficient (Wildman–Crippen LogP) is 4.76. The van der Waals surface area contributed by atoms with E-state index < -0.39 is 10.0 Å². The van der Waals surface area contributed by atoms with Crippen LogP contribution in [0.15, 0.2) is 77.7 Å². The van der Waals surface area contributed by atoms with E-state index in [1.807, 2.05) is 18.2 Å². The molecule has 1 amide bonds. The number of hydrogen-bond acceptors (Lipinski definition) is 4. The van der Waals surface area contributed by atoms with Crippen LogP contribution in [0.3, 0.4) is 0 Å². The number of amides is 1. The van der Waals surface area contributed by atoms with E-state index in [0.717, 1.165) is 18.8 Å². The lowest BCUT2D eigenvalue weighted by atomic mass is 10.1. The summed E-state index contributed by atoms with van der Waals surface area (Å²) < 4.78 is 28.0. The zero-order chi connectivity index (χ0) is 22.7. The maximum Gasteiger partial charge on any atom is 0.263 e. The Morgan fingerprint density at radius 2 is 1.56 bits per heavy atom. The number of halogens is 2. The molecule has 1 saturated heterocycles. The van der Waals surface area contributed by atoms with Gasteiger partial charge in [-0.3, -0.25) is 9.52 Å². The Bertz CT molecular complexity index is 1230. The van der Waals surface area contributed by atoms with Crippen LogP contribution in [0.1, 0.15) is 10.4 Å². The second kappa shape index (κ2) is 9.40. The number of nitrogens with zero attached hydrogens (tertiary/aromatic N) is 2. The van der Waals surface area contributed by atoms with Crippen molar-refractivity contribution in [3.05, 3.63) is 88.4 Å². The fraction of sp³-hybridized carbons (Fsp3) is 0.174. The molecule has 6 nitrogen and oxygen atoms in total. The predicted molar refractivity (Wildman–Crippen MR) is 128 cm³/mol. The van der Waals surface area contributed by atoms with Crippen molar-refractivity contribution < 1.29 is 13.2 Å². The molecule has 0 atom stereocenters. The zero-order valence-electron chi connectivity index (χ0n) is 17.0. The molecule has 1 aliphatic heterocycles. The number of benzene rings is 3. The van der Waals surface area contributed by atoms with Crippen molar-refractivity contribution in [2.24, 2.45) is 0 Å². The molecular weight excluding hydrogens is 469 g/mol. The van der Waals surface area contributed by atoms with Gasteiger partial charge in [0.2, 0.25) is 0 Å². The lowest BCUT2D eigenvalue weighted by Gasteiger charge is -2.36. The Morgan fingerprint density at radius 3 is 2.28 bits per heavy atom. The third-order valence-electron chi connectivity index (χ3n) is 5.23. The molecule has 0 unspecified atom stereocenters. The van der Waals surface area contributed by atoms with Gasteiger partial charge >= 0.3 is 0 Å². The Kier molecular flexibility index (Phi) is 6.60. The van der Waals surface area contributed by atoms with Crippen LogP contribution in [0, 0.1) is 0 Å². The highest BCUT2D eigenvalue weighted by Crippen LogP contribution is 2.27. The van der Waals surface area contributed by atoms with E-state index in [0.29, 0.717) is 18.7 Å². The van der Waals surface area contributed by atoms with Crippen molar-refractivity contribution in [1.29, 1.82) is 0 Å². The van der Waals surface area contributed by atoms with Gasteiger partial charge in [0.15, 0.2) is 0 Å². The molecule has 1 heterocycles. The van der Waals surface area contributed by atoms with Crippen LogP contribution in [0.2, 0.25) is 10.0 Å². The van der Waals surface area contributed by atoms with E-state index in [2.05, 4.69) is 21.8 Å². The molecular formula is C23H21Cl2N3O3S. The van der Waals surface area contributed by atoms with Crippen LogP contribution in [0.4, 0.5) is 11.4 Å². The Balaban J connectivity index is 1.46. The minimum Gasteiger partial charge on any atom is -0.368 e. The van der Waals surface area contributed by atoms with Gasteiger partial charge in [-0.1, -0.05) is 47.5 Å². The average molecular weight is 490 g/mol. The van der Waals surface area contributed by atoms with Crippen molar-refractivity contribution in [2.75, 3.05) is 35.8 Å². The third-order valence-corrected chi connectivity index (χ3v) is 7.33. The standard InChI is InChI=1S/C23H21Cl2N3O3S/c24-18-9-10-21(25)22(16-18)32(30,31)26-19-6-4-5-17(15-19)23(29)28-13-11-27(12-14-28)20-7-2-1-3-8-20/h1-10,15-16,26H,11-14H2. The molecule has 1 fully saturated rings. The first-order valence-corrected chi connectivity index (χ1v) is 12.2. The van der Waals surface area contributed by atoms with Gasteiger partial charge in [-0.05, 0) is 48.5 Å². The number of carbonyl (C=O) groups excluding carboxylic acids is 1. The summed E-state index contributed by atoms with van der Waals surface area (Å²) in [6.07, 6.45) is 0. The van der Waals surface area contributed by atoms with Gasteiger partial charge < -0.3 is 9.80 Å². The Labute approximate surface area is 197 Å². The molecule has 3 aromatic carbocycles. The van der Waals surface area contributed by atoms with Gasteiger partial charge in [-0.15, -0.1) is 0 Å². The molecule has 0 radical (unpaired) electrons. The number of rotatable bonds is 5. The maximum atomic E-state index is 13.0. The molecule has 0 aliphatic carbocycles. The van der Waals surface area contributed by atoms with Crippen LogP contribution in [0.5, 0.6) is 0 Å². The van der Waals surface area contributed by atoms with Crippen molar-refractivity contribution in [3.8, 4) is 0 Å². The fourth-order valence-corrected chi connectivity index (χ4v) is 5.41. The van der Waals surface area contributed by atoms with Crippen molar-refractivity contribution >= 4 is 50.5 Å². The Morgan fingerprint density at radius 1 is 0.844 bits per heavy atom. The van der Waals surface area contributed by atoms with Gasteiger partial charge in [0.1, 0.15) is 4.90 Å². The van der Waals surface area contributed by atoms with Crippen molar-refractivity contribution in [1.82, 2.24) is 4.90 Å². The van der Waals surface area contributed by atoms with Gasteiger partial charge in [0, 0.05) is 48.1 Å². The molecule has 4 rings (SSSR count). The van der Waals surface area contributed by atoms with E-state index in [9.17, 15) is 13.2 Å². The highest BCUT2D eigenvalue weighted by atomic mass is 35.5. The molecule has 0 bridgehead atoms. The first-order chi connectivity index (χ1) is 15.3.